The summed E-state index contributed by atoms with van der Waals surface area (Å²) in [5, 5.41) is 9.48. The maximum Gasteiger partial charge on any atom is 0.128 e. The van der Waals surface area contributed by atoms with Crippen LogP contribution in [0.25, 0.3) is 0 Å². The number of pyridine rings is 1. The number of hydrogen-bond donors (Lipinski definition) is 1. The summed E-state index contributed by atoms with van der Waals surface area (Å²) in [6, 6.07) is 3.83. The van der Waals surface area contributed by atoms with Gasteiger partial charge in [0.2, 0.25) is 0 Å². The summed E-state index contributed by atoms with van der Waals surface area (Å²) in [6.07, 6.45) is 4.04. The van der Waals surface area contributed by atoms with Crippen molar-refractivity contribution in [3.05, 3.63) is 23.9 Å². The van der Waals surface area contributed by atoms with E-state index in [0.717, 1.165) is 23.8 Å². The molecule has 1 N–H and O–H groups in total. The summed E-state index contributed by atoms with van der Waals surface area (Å²) >= 11 is 0. The molecule has 1 fully saturated rings. The standard InChI is InChI=1S/C12H18N2O/c1-9(15)11-5-6-13-12(7-11)14(2)8-10-3-4-10/h5-7,9-10,15H,3-4,8H2,1-2H3. The van der Waals surface area contributed by atoms with E-state index in [1.807, 2.05) is 12.1 Å². The minimum absolute atomic E-state index is 0.416. The summed E-state index contributed by atoms with van der Waals surface area (Å²) in [7, 11) is 2.06. The number of anilines is 1. The molecular weight excluding hydrogens is 188 g/mol. The minimum atomic E-state index is -0.416. The molecule has 1 saturated carbocycles. The molecule has 0 saturated heterocycles. The predicted molar refractivity (Wildman–Crippen MR) is 60.9 cm³/mol. The molecule has 2 rings (SSSR count). The molecule has 15 heavy (non-hydrogen) atoms. The van der Waals surface area contributed by atoms with Crippen LogP contribution < -0.4 is 4.90 Å². The van der Waals surface area contributed by atoms with Gasteiger partial charge >= 0.3 is 0 Å². The molecule has 1 heterocycles. The first-order valence-electron chi connectivity index (χ1n) is 5.52. The van der Waals surface area contributed by atoms with E-state index in [2.05, 4.69) is 16.9 Å². The Kier molecular flexibility index (Phi) is 2.91. The van der Waals surface area contributed by atoms with Crippen LogP contribution in [0.2, 0.25) is 0 Å². The van der Waals surface area contributed by atoms with Gasteiger partial charge in [0, 0.05) is 19.8 Å². The summed E-state index contributed by atoms with van der Waals surface area (Å²) in [5.74, 6) is 1.81. The molecule has 0 aliphatic heterocycles. The second kappa shape index (κ2) is 4.19. The predicted octanol–water partition coefficient (Wildman–Crippen LogP) is 1.98. The van der Waals surface area contributed by atoms with Crippen molar-refractivity contribution in [1.82, 2.24) is 4.98 Å². The van der Waals surface area contributed by atoms with Crippen molar-refractivity contribution < 1.29 is 5.11 Å². The Labute approximate surface area is 90.8 Å². The van der Waals surface area contributed by atoms with Crippen LogP contribution in [0.4, 0.5) is 5.82 Å². The second-order valence-corrected chi connectivity index (χ2v) is 4.45. The van der Waals surface area contributed by atoms with E-state index >= 15 is 0 Å². The Morgan fingerprint density at radius 1 is 1.60 bits per heavy atom. The topological polar surface area (TPSA) is 36.4 Å². The third-order valence-electron chi connectivity index (χ3n) is 2.87. The lowest BCUT2D eigenvalue weighted by Gasteiger charge is -2.18. The van der Waals surface area contributed by atoms with Gasteiger partial charge in [0.1, 0.15) is 5.82 Å². The average molecular weight is 206 g/mol. The zero-order valence-electron chi connectivity index (χ0n) is 9.35. The Bertz CT molecular complexity index is 334. The highest BCUT2D eigenvalue weighted by atomic mass is 16.3. The maximum absolute atomic E-state index is 9.48. The van der Waals surface area contributed by atoms with Crippen LogP contribution >= 0.6 is 0 Å². The van der Waals surface area contributed by atoms with E-state index in [9.17, 15) is 5.11 Å². The highest BCUT2D eigenvalue weighted by Crippen LogP contribution is 2.30. The molecule has 82 valence electrons. The number of aliphatic hydroxyl groups is 1. The monoisotopic (exact) mass is 206 g/mol. The highest BCUT2D eigenvalue weighted by Gasteiger charge is 2.23. The van der Waals surface area contributed by atoms with E-state index < -0.39 is 6.10 Å². The van der Waals surface area contributed by atoms with Gasteiger partial charge < -0.3 is 10.0 Å². The van der Waals surface area contributed by atoms with Gasteiger partial charge in [-0.25, -0.2) is 4.98 Å². The molecule has 3 heteroatoms. The van der Waals surface area contributed by atoms with Gasteiger partial charge in [-0.1, -0.05) is 0 Å². The molecule has 1 aliphatic carbocycles. The fourth-order valence-electron chi connectivity index (χ4n) is 1.68. The zero-order valence-corrected chi connectivity index (χ0v) is 9.35. The van der Waals surface area contributed by atoms with Gasteiger partial charge in [-0.05, 0) is 43.4 Å². The van der Waals surface area contributed by atoms with Gasteiger partial charge in [0.05, 0.1) is 6.10 Å². The second-order valence-electron chi connectivity index (χ2n) is 4.45. The number of aliphatic hydroxyl groups excluding tert-OH is 1. The van der Waals surface area contributed by atoms with Crippen molar-refractivity contribution in [2.45, 2.75) is 25.9 Å². The quantitative estimate of drug-likeness (QED) is 0.818. The molecular formula is C12H18N2O. The SMILES string of the molecule is CC(O)c1ccnc(N(C)CC2CC2)c1. The van der Waals surface area contributed by atoms with Crippen LogP contribution in [0.15, 0.2) is 18.3 Å². The van der Waals surface area contributed by atoms with Gasteiger partial charge in [-0.2, -0.15) is 0 Å². The van der Waals surface area contributed by atoms with Crippen LogP contribution in [-0.2, 0) is 0 Å². The van der Waals surface area contributed by atoms with Crippen molar-refractivity contribution >= 4 is 5.82 Å². The Balaban J connectivity index is 2.08. The summed E-state index contributed by atoms with van der Waals surface area (Å²) in [6.45, 7) is 2.86. The molecule has 0 bridgehead atoms. The first kappa shape index (κ1) is 10.4. The zero-order chi connectivity index (χ0) is 10.8. The molecule has 1 aromatic heterocycles. The van der Waals surface area contributed by atoms with Crippen molar-refractivity contribution in [1.29, 1.82) is 0 Å². The molecule has 1 unspecified atom stereocenters. The van der Waals surface area contributed by atoms with Gasteiger partial charge in [-0.15, -0.1) is 0 Å². The smallest absolute Gasteiger partial charge is 0.128 e. The molecule has 0 radical (unpaired) electrons. The number of rotatable bonds is 4. The van der Waals surface area contributed by atoms with E-state index in [1.54, 1.807) is 13.1 Å². The van der Waals surface area contributed by atoms with Crippen molar-refractivity contribution in [2.75, 3.05) is 18.5 Å². The molecule has 1 atom stereocenters. The maximum atomic E-state index is 9.48. The lowest BCUT2D eigenvalue weighted by molar-refractivity contribution is 0.199. The molecule has 1 aromatic rings. The third-order valence-corrected chi connectivity index (χ3v) is 2.87. The van der Waals surface area contributed by atoms with Crippen LogP contribution in [0.5, 0.6) is 0 Å². The molecule has 1 aliphatic rings. The number of nitrogens with zero attached hydrogens (tertiary/aromatic N) is 2. The first-order chi connectivity index (χ1) is 7.16. The van der Waals surface area contributed by atoms with Gasteiger partial charge in [-0.3, -0.25) is 0 Å². The van der Waals surface area contributed by atoms with Crippen LogP contribution in [0.1, 0.15) is 31.4 Å². The Morgan fingerprint density at radius 2 is 2.33 bits per heavy atom. The fourth-order valence-corrected chi connectivity index (χ4v) is 1.68. The number of hydrogen-bond acceptors (Lipinski definition) is 3. The lowest BCUT2D eigenvalue weighted by atomic mass is 10.1. The van der Waals surface area contributed by atoms with Crippen molar-refractivity contribution in [2.24, 2.45) is 5.92 Å². The fraction of sp³-hybridized carbons (Fsp3) is 0.583. The van der Waals surface area contributed by atoms with Crippen LogP contribution in [-0.4, -0.2) is 23.7 Å². The molecule has 0 aromatic carbocycles. The third kappa shape index (κ3) is 2.69. The van der Waals surface area contributed by atoms with Crippen LogP contribution in [0, 0.1) is 5.92 Å². The van der Waals surface area contributed by atoms with E-state index in [-0.39, 0.29) is 0 Å². The van der Waals surface area contributed by atoms with E-state index in [0.29, 0.717) is 0 Å². The van der Waals surface area contributed by atoms with Crippen molar-refractivity contribution in [3.63, 3.8) is 0 Å². The summed E-state index contributed by atoms with van der Waals surface area (Å²) < 4.78 is 0. The molecule has 0 spiro atoms. The normalized spacial score (nSPS) is 17.5. The van der Waals surface area contributed by atoms with Crippen LogP contribution in [0.3, 0.4) is 0 Å². The minimum Gasteiger partial charge on any atom is -0.389 e. The first-order valence-corrected chi connectivity index (χ1v) is 5.52. The lowest BCUT2D eigenvalue weighted by Crippen LogP contribution is -2.21. The largest absolute Gasteiger partial charge is 0.389 e. The Hall–Kier alpha value is -1.09. The summed E-state index contributed by atoms with van der Waals surface area (Å²) in [4.78, 5) is 6.49. The molecule has 0 amide bonds. The molecule has 3 nitrogen and oxygen atoms in total. The number of aromatic nitrogens is 1. The average Bonchev–Trinajstić information content (AvgIpc) is 3.02. The van der Waals surface area contributed by atoms with Gasteiger partial charge in [0.25, 0.3) is 0 Å². The summed E-state index contributed by atoms with van der Waals surface area (Å²) in [5.41, 5.74) is 0.933. The Morgan fingerprint density at radius 3 is 2.93 bits per heavy atom. The van der Waals surface area contributed by atoms with E-state index in [1.165, 1.54) is 12.8 Å². The van der Waals surface area contributed by atoms with Gasteiger partial charge in [0.15, 0.2) is 0 Å². The highest BCUT2D eigenvalue weighted by molar-refractivity contribution is 5.40. The van der Waals surface area contributed by atoms with Crippen molar-refractivity contribution in [3.8, 4) is 0 Å². The van der Waals surface area contributed by atoms with E-state index in [4.69, 9.17) is 0 Å².